The third-order valence-electron chi connectivity index (χ3n) is 2.63. The highest BCUT2D eigenvalue weighted by atomic mass is 79.9. The van der Waals surface area contributed by atoms with Crippen LogP contribution in [0.3, 0.4) is 0 Å². The van der Waals surface area contributed by atoms with Gasteiger partial charge in [0.25, 0.3) is 0 Å². The number of pyridine rings is 1. The fourth-order valence-electron chi connectivity index (χ4n) is 1.64. The lowest BCUT2D eigenvalue weighted by Gasteiger charge is -2.10. The molecule has 2 aromatic rings. The second-order valence-electron chi connectivity index (χ2n) is 4.04. The fraction of sp³-hybridized carbons (Fsp3) is 0.214. The number of methoxy groups -OCH3 is 1. The summed E-state index contributed by atoms with van der Waals surface area (Å²) >= 11 is 9.50. The van der Waals surface area contributed by atoms with Gasteiger partial charge in [0.1, 0.15) is 11.5 Å². The molecular weight excluding hydrogens is 344 g/mol. The SMILES string of the molecule is CNCc1cc(Oc2ccc(OC)cc2Br)ncc1Cl. The summed E-state index contributed by atoms with van der Waals surface area (Å²) in [6.07, 6.45) is 1.58. The summed E-state index contributed by atoms with van der Waals surface area (Å²) in [5, 5.41) is 3.66. The van der Waals surface area contributed by atoms with Gasteiger partial charge in [-0.05, 0) is 46.7 Å². The Morgan fingerprint density at radius 2 is 2.15 bits per heavy atom. The number of hydrogen-bond acceptors (Lipinski definition) is 4. The Kier molecular flexibility index (Phi) is 5.23. The van der Waals surface area contributed by atoms with Crippen LogP contribution < -0.4 is 14.8 Å². The van der Waals surface area contributed by atoms with Crippen LogP contribution in [0.1, 0.15) is 5.56 Å². The summed E-state index contributed by atoms with van der Waals surface area (Å²) < 4.78 is 11.7. The first-order chi connectivity index (χ1) is 9.63. The number of hydrogen-bond donors (Lipinski definition) is 1. The van der Waals surface area contributed by atoms with Gasteiger partial charge < -0.3 is 14.8 Å². The van der Waals surface area contributed by atoms with E-state index in [1.807, 2.05) is 31.3 Å². The lowest BCUT2D eigenvalue weighted by molar-refractivity contribution is 0.411. The van der Waals surface area contributed by atoms with E-state index in [1.54, 1.807) is 13.3 Å². The summed E-state index contributed by atoms with van der Waals surface area (Å²) in [7, 11) is 3.48. The van der Waals surface area contributed by atoms with Crippen LogP contribution in [0.25, 0.3) is 0 Å². The molecule has 4 nitrogen and oxygen atoms in total. The molecule has 1 N–H and O–H groups in total. The van der Waals surface area contributed by atoms with Crippen molar-refractivity contribution in [2.45, 2.75) is 6.54 Å². The first-order valence-electron chi connectivity index (χ1n) is 5.94. The molecule has 0 aliphatic heterocycles. The maximum atomic E-state index is 6.06. The quantitative estimate of drug-likeness (QED) is 0.878. The second-order valence-corrected chi connectivity index (χ2v) is 5.30. The number of aromatic nitrogens is 1. The molecule has 106 valence electrons. The first-order valence-corrected chi connectivity index (χ1v) is 7.11. The Bertz CT molecular complexity index is 608. The van der Waals surface area contributed by atoms with Crippen molar-refractivity contribution in [2.75, 3.05) is 14.2 Å². The van der Waals surface area contributed by atoms with Crippen LogP contribution >= 0.6 is 27.5 Å². The molecule has 6 heteroatoms. The normalized spacial score (nSPS) is 10.4. The Labute approximate surface area is 131 Å². The molecule has 0 atom stereocenters. The lowest BCUT2D eigenvalue weighted by Crippen LogP contribution is -2.06. The molecule has 0 bridgehead atoms. The Balaban J connectivity index is 2.23. The maximum Gasteiger partial charge on any atom is 0.219 e. The number of nitrogens with one attached hydrogen (secondary N) is 1. The number of halogens is 2. The van der Waals surface area contributed by atoms with E-state index in [0.717, 1.165) is 15.8 Å². The van der Waals surface area contributed by atoms with Crippen molar-refractivity contribution < 1.29 is 9.47 Å². The molecule has 0 saturated carbocycles. The van der Waals surface area contributed by atoms with Crippen LogP contribution in [0.2, 0.25) is 5.02 Å². The number of ether oxygens (including phenoxy) is 2. The summed E-state index contributed by atoms with van der Waals surface area (Å²) in [5.41, 5.74) is 0.934. The molecule has 2 rings (SSSR count). The largest absolute Gasteiger partial charge is 0.497 e. The van der Waals surface area contributed by atoms with E-state index in [0.29, 0.717) is 23.2 Å². The molecule has 0 radical (unpaired) electrons. The van der Waals surface area contributed by atoms with Crippen LogP contribution in [0, 0.1) is 0 Å². The molecule has 20 heavy (non-hydrogen) atoms. The molecule has 0 fully saturated rings. The van der Waals surface area contributed by atoms with Gasteiger partial charge in [0.05, 0.1) is 16.6 Å². The van der Waals surface area contributed by atoms with Gasteiger partial charge in [-0.25, -0.2) is 4.98 Å². The van der Waals surface area contributed by atoms with Crippen molar-refractivity contribution >= 4 is 27.5 Å². The minimum absolute atomic E-state index is 0.491. The zero-order chi connectivity index (χ0) is 14.5. The van der Waals surface area contributed by atoms with Gasteiger partial charge in [0, 0.05) is 18.8 Å². The summed E-state index contributed by atoms with van der Waals surface area (Å²) in [4.78, 5) is 4.17. The average Bonchev–Trinajstić information content (AvgIpc) is 2.45. The van der Waals surface area contributed by atoms with E-state index in [2.05, 4.69) is 26.2 Å². The van der Waals surface area contributed by atoms with Crippen LogP contribution in [0.5, 0.6) is 17.4 Å². The van der Waals surface area contributed by atoms with Gasteiger partial charge in [-0.2, -0.15) is 0 Å². The van der Waals surface area contributed by atoms with E-state index in [-0.39, 0.29) is 0 Å². The Morgan fingerprint density at radius 1 is 1.35 bits per heavy atom. The zero-order valence-electron chi connectivity index (χ0n) is 11.1. The van der Waals surface area contributed by atoms with Gasteiger partial charge in [-0.1, -0.05) is 11.6 Å². The molecule has 1 aromatic carbocycles. The lowest BCUT2D eigenvalue weighted by atomic mass is 10.2. The van der Waals surface area contributed by atoms with Crippen molar-refractivity contribution in [3.05, 3.63) is 45.5 Å². The second kappa shape index (κ2) is 6.92. The minimum atomic E-state index is 0.491. The van der Waals surface area contributed by atoms with Crippen molar-refractivity contribution in [3.63, 3.8) is 0 Å². The summed E-state index contributed by atoms with van der Waals surface area (Å²) in [6.45, 7) is 0.654. The van der Waals surface area contributed by atoms with Crippen LogP contribution in [-0.2, 0) is 6.54 Å². The third kappa shape index (κ3) is 3.62. The zero-order valence-corrected chi connectivity index (χ0v) is 13.5. The predicted octanol–water partition coefficient (Wildman–Crippen LogP) is 4.02. The van der Waals surface area contributed by atoms with Gasteiger partial charge in [-0.15, -0.1) is 0 Å². The van der Waals surface area contributed by atoms with E-state index in [1.165, 1.54) is 0 Å². The molecule has 0 spiro atoms. The van der Waals surface area contributed by atoms with Gasteiger partial charge in [0.15, 0.2) is 0 Å². The van der Waals surface area contributed by atoms with Gasteiger partial charge in [0.2, 0.25) is 5.88 Å². The van der Waals surface area contributed by atoms with E-state index in [9.17, 15) is 0 Å². The highest BCUT2D eigenvalue weighted by Crippen LogP contribution is 2.32. The summed E-state index contributed by atoms with van der Waals surface area (Å²) in [6, 6.07) is 7.29. The molecule has 0 amide bonds. The third-order valence-corrected chi connectivity index (χ3v) is 3.59. The topological polar surface area (TPSA) is 43.4 Å². The van der Waals surface area contributed by atoms with Crippen molar-refractivity contribution in [1.29, 1.82) is 0 Å². The van der Waals surface area contributed by atoms with Crippen molar-refractivity contribution in [1.82, 2.24) is 10.3 Å². The average molecular weight is 358 g/mol. The smallest absolute Gasteiger partial charge is 0.219 e. The predicted molar refractivity (Wildman–Crippen MR) is 82.8 cm³/mol. The Morgan fingerprint density at radius 3 is 2.80 bits per heavy atom. The van der Waals surface area contributed by atoms with E-state index >= 15 is 0 Å². The molecular formula is C14H14BrClN2O2. The van der Waals surface area contributed by atoms with Gasteiger partial charge >= 0.3 is 0 Å². The fourth-order valence-corrected chi connectivity index (χ4v) is 2.25. The Hall–Kier alpha value is -1.30. The molecule has 0 unspecified atom stereocenters. The van der Waals surface area contributed by atoms with Crippen molar-refractivity contribution in [3.8, 4) is 17.4 Å². The molecule has 1 heterocycles. The first kappa shape index (κ1) is 15.1. The van der Waals surface area contributed by atoms with Crippen LogP contribution in [0.4, 0.5) is 0 Å². The number of nitrogens with zero attached hydrogens (tertiary/aromatic N) is 1. The molecule has 0 aliphatic rings. The van der Waals surface area contributed by atoms with Crippen molar-refractivity contribution in [2.24, 2.45) is 0 Å². The standard InChI is InChI=1S/C14H14BrClN2O2/c1-17-7-9-5-14(18-8-12(9)16)20-13-4-3-10(19-2)6-11(13)15/h3-6,8,17H,7H2,1-2H3. The van der Waals surface area contributed by atoms with E-state index in [4.69, 9.17) is 21.1 Å². The van der Waals surface area contributed by atoms with Crippen LogP contribution in [0.15, 0.2) is 34.9 Å². The number of benzene rings is 1. The maximum absolute atomic E-state index is 6.06. The van der Waals surface area contributed by atoms with E-state index < -0.39 is 0 Å². The summed E-state index contributed by atoms with van der Waals surface area (Å²) in [5.74, 6) is 1.91. The monoisotopic (exact) mass is 356 g/mol. The highest BCUT2D eigenvalue weighted by Gasteiger charge is 2.08. The van der Waals surface area contributed by atoms with Crippen LogP contribution in [-0.4, -0.2) is 19.1 Å². The molecule has 1 aromatic heterocycles. The highest BCUT2D eigenvalue weighted by molar-refractivity contribution is 9.10. The molecule has 0 aliphatic carbocycles. The minimum Gasteiger partial charge on any atom is -0.497 e. The van der Waals surface area contributed by atoms with Gasteiger partial charge in [-0.3, -0.25) is 0 Å². The molecule has 0 saturated heterocycles. The number of rotatable bonds is 5.